The summed E-state index contributed by atoms with van der Waals surface area (Å²) in [5.74, 6) is 0.889. The van der Waals surface area contributed by atoms with Crippen molar-refractivity contribution >= 4 is 5.91 Å². The summed E-state index contributed by atoms with van der Waals surface area (Å²) in [6.45, 7) is 0.239. The van der Waals surface area contributed by atoms with E-state index in [0.717, 1.165) is 0 Å². The summed E-state index contributed by atoms with van der Waals surface area (Å²) in [5, 5.41) is 2.70. The van der Waals surface area contributed by atoms with Crippen molar-refractivity contribution in [1.29, 1.82) is 0 Å². The highest BCUT2D eigenvalue weighted by Gasteiger charge is 2.06. The Morgan fingerprint density at radius 2 is 2.05 bits per heavy atom. The topological polar surface area (TPSA) is 73.3 Å². The Bertz CT molecular complexity index is 561. The number of nitrogens with zero attached hydrogens (tertiary/aromatic N) is 2. The summed E-state index contributed by atoms with van der Waals surface area (Å²) in [6, 6.07) is 7.16. The number of aromatic nitrogens is 2. The van der Waals surface area contributed by atoms with Gasteiger partial charge in [-0.15, -0.1) is 0 Å². The number of hydrogen-bond donors (Lipinski definition) is 1. The molecule has 6 heteroatoms. The van der Waals surface area contributed by atoms with Crippen LogP contribution in [0.4, 0.5) is 0 Å². The van der Waals surface area contributed by atoms with Crippen LogP contribution in [0.2, 0.25) is 0 Å². The molecule has 0 fully saturated rings. The fourth-order valence-electron chi connectivity index (χ4n) is 1.54. The molecular formula is C14H15N3O3. The maximum atomic E-state index is 11.7. The average molecular weight is 273 g/mol. The monoisotopic (exact) mass is 273 g/mol. The first kappa shape index (κ1) is 13.8. The van der Waals surface area contributed by atoms with Gasteiger partial charge in [0.05, 0.1) is 25.5 Å². The second kappa shape index (κ2) is 7.08. The van der Waals surface area contributed by atoms with E-state index in [1.807, 2.05) is 12.1 Å². The van der Waals surface area contributed by atoms with E-state index < -0.39 is 0 Å². The van der Waals surface area contributed by atoms with Crippen molar-refractivity contribution in [1.82, 2.24) is 15.3 Å². The van der Waals surface area contributed by atoms with Crippen molar-refractivity contribution in [3.63, 3.8) is 0 Å². The minimum Gasteiger partial charge on any atom is -0.493 e. The molecule has 1 aromatic heterocycles. The lowest BCUT2D eigenvalue weighted by Crippen LogP contribution is -2.28. The van der Waals surface area contributed by atoms with Gasteiger partial charge < -0.3 is 14.8 Å². The SMILES string of the molecule is COc1ccccc1OCC(=O)NCc1cnccn1. The van der Waals surface area contributed by atoms with E-state index >= 15 is 0 Å². The highest BCUT2D eigenvalue weighted by molar-refractivity contribution is 5.77. The summed E-state index contributed by atoms with van der Waals surface area (Å²) in [6.07, 6.45) is 4.75. The minimum atomic E-state index is -0.235. The number of benzene rings is 1. The summed E-state index contributed by atoms with van der Waals surface area (Å²) in [7, 11) is 1.55. The molecule has 2 aromatic rings. The van der Waals surface area contributed by atoms with E-state index in [1.165, 1.54) is 0 Å². The van der Waals surface area contributed by atoms with Crippen molar-refractivity contribution < 1.29 is 14.3 Å². The number of ether oxygens (including phenoxy) is 2. The first-order chi connectivity index (χ1) is 9.79. The van der Waals surface area contributed by atoms with Gasteiger partial charge >= 0.3 is 0 Å². The van der Waals surface area contributed by atoms with Crippen molar-refractivity contribution in [3.8, 4) is 11.5 Å². The Labute approximate surface area is 116 Å². The van der Waals surface area contributed by atoms with Gasteiger partial charge in [-0.3, -0.25) is 14.8 Å². The van der Waals surface area contributed by atoms with Gasteiger partial charge in [0, 0.05) is 12.4 Å². The van der Waals surface area contributed by atoms with Crippen LogP contribution in [0.5, 0.6) is 11.5 Å². The average Bonchev–Trinajstić information content (AvgIpc) is 2.52. The van der Waals surface area contributed by atoms with Crippen LogP contribution in [0.1, 0.15) is 5.69 Å². The maximum Gasteiger partial charge on any atom is 0.258 e. The number of nitrogens with one attached hydrogen (secondary N) is 1. The van der Waals surface area contributed by atoms with E-state index in [1.54, 1.807) is 37.8 Å². The van der Waals surface area contributed by atoms with Crippen molar-refractivity contribution in [3.05, 3.63) is 48.5 Å². The zero-order valence-electron chi connectivity index (χ0n) is 11.1. The van der Waals surface area contributed by atoms with Crippen LogP contribution in [-0.4, -0.2) is 29.6 Å². The molecule has 0 aliphatic carbocycles. The first-order valence-electron chi connectivity index (χ1n) is 6.07. The molecule has 6 nitrogen and oxygen atoms in total. The Morgan fingerprint density at radius 1 is 1.25 bits per heavy atom. The fourth-order valence-corrected chi connectivity index (χ4v) is 1.54. The molecule has 0 atom stereocenters. The molecule has 0 radical (unpaired) electrons. The molecule has 0 bridgehead atoms. The van der Waals surface area contributed by atoms with Crippen LogP contribution in [0.3, 0.4) is 0 Å². The smallest absolute Gasteiger partial charge is 0.258 e. The van der Waals surface area contributed by atoms with Gasteiger partial charge in [-0.2, -0.15) is 0 Å². The Balaban J connectivity index is 1.80. The lowest BCUT2D eigenvalue weighted by Gasteiger charge is -2.10. The van der Waals surface area contributed by atoms with Crippen LogP contribution >= 0.6 is 0 Å². The van der Waals surface area contributed by atoms with Crippen molar-refractivity contribution in [2.24, 2.45) is 0 Å². The molecule has 1 aromatic carbocycles. The molecule has 104 valence electrons. The third-order valence-corrected chi connectivity index (χ3v) is 2.51. The fraction of sp³-hybridized carbons (Fsp3) is 0.214. The predicted octanol–water partition coefficient (Wildman–Crippen LogP) is 1.18. The molecule has 20 heavy (non-hydrogen) atoms. The van der Waals surface area contributed by atoms with Crippen LogP contribution in [0, 0.1) is 0 Å². The molecular weight excluding hydrogens is 258 g/mol. The molecule has 1 heterocycles. The third kappa shape index (κ3) is 3.94. The molecule has 0 spiro atoms. The van der Waals surface area contributed by atoms with Gasteiger partial charge in [0.2, 0.25) is 0 Å². The third-order valence-electron chi connectivity index (χ3n) is 2.51. The first-order valence-corrected chi connectivity index (χ1v) is 6.07. The minimum absolute atomic E-state index is 0.0827. The maximum absolute atomic E-state index is 11.7. The Kier molecular flexibility index (Phi) is 4.88. The van der Waals surface area contributed by atoms with Crippen LogP contribution in [0.15, 0.2) is 42.9 Å². The van der Waals surface area contributed by atoms with Gasteiger partial charge in [-0.1, -0.05) is 12.1 Å². The summed E-state index contributed by atoms with van der Waals surface area (Å²) >= 11 is 0. The molecule has 0 aliphatic heterocycles. The lowest BCUT2D eigenvalue weighted by molar-refractivity contribution is -0.123. The largest absolute Gasteiger partial charge is 0.493 e. The van der Waals surface area contributed by atoms with Crippen LogP contribution in [-0.2, 0) is 11.3 Å². The highest BCUT2D eigenvalue weighted by atomic mass is 16.5. The molecule has 0 saturated carbocycles. The molecule has 1 amide bonds. The summed E-state index contributed by atoms with van der Waals surface area (Å²) in [5.41, 5.74) is 0.693. The summed E-state index contributed by atoms with van der Waals surface area (Å²) in [4.78, 5) is 19.6. The van der Waals surface area contributed by atoms with E-state index in [4.69, 9.17) is 9.47 Å². The summed E-state index contributed by atoms with van der Waals surface area (Å²) < 4.78 is 10.5. The van der Waals surface area contributed by atoms with Gasteiger partial charge in [0.15, 0.2) is 18.1 Å². The second-order valence-corrected chi connectivity index (χ2v) is 3.91. The van der Waals surface area contributed by atoms with Crippen molar-refractivity contribution in [2.45, 2.75) is 6.54 Å². The van der Waals surface area contributed by atoms with Crippen LogP contribution < -0.4 is 14.8 Å². The van der Waals surface area contributed by atoms with E-state index in [-0.39, 0.29) is 12.5 Å². The van der Waals surface area contributed by atoms with Gasteiger partial charge in [-0.25, -0.2) is 0 Å². The number of para-hydroxylation sites is 2. The number of hydrogen-bond acceptors (Lipinski definition) is 5. The zero-order valence-corrected chi connectivity index (χ0v) is 11.1. The zero-order chi connectivity index (χ0) is 14.2. The normalized spacial score (nSPS) is 9.85. The Hall–Kier alpha value is -2.63. The highest BCUT2D eigenvalue weighted by Crippen LogP contribution is 2.25. The van der Waals surface area contributed by atoms with E-state index in [9.17, 15) is 4.79 Å². The number of amides is 1. The van der Waals surface area contributed by atoms with Crippen LogP contribution in [0.25, 0.3) is 0 Å². The molecule has 0 saturated heterocycles. The predicted molar refractivity (Wildman–Crippen MR) is 72.4 cm³/mol. The molecule has 0 unspecified atom stereocenters. The van der Waals surface area contributed by atoms with Gasteiger partial charge in [-0.05, 0) is 12.1 Å². The molecule has 0 aliphatic rings. The number of carbonyl (C=O) groups excluding carboxylic acids is 1. The number of rotatable bonds is 6. The van der Waals surface area contributed by atoms with Gasteiger partial charge in [0.1, 0.15) is 0 Å². The quantitative estimate of drug-likeness (QED) is 0.855. The molecule has 1 N–H and O–H groups in total. The van der Waals surface area contributed by atoms with E-state index in [2.05, 4.69) is 15.3 Å². The lowest BCUT2D eigenvalue weighted by atomic mass is 10.3. The number of carbonyl (C=O) groups is 1. The van der Waals surface area contributed by atoms with Crippen molar-refractivity contribution in [2.75, 3.05) is 13.7 Å². The molecule has 2 rings (SSSR count). The standard InChI is InChI=1S/C14H15N3O3/c1-19-12-4-2-3-5-13(12)20-10-14(18)17-9-11-8-15-6-7-16-11/h2-8H,9-10H2,1H3,(H,17,18). The number of methoxy groups -OCH3 is 1. The Morgan fingerprint density at radius 3 is 2.75 bits per heavy atom. The van der Waals surface area contributed by atoms with E-state index in [0.29, 0.717) is 23.7 Å². The van der Waals surface area contributed by atoms with Gasteiger partial charge in [0.25, 0.3) is 5.91 Å². The second-order valence-electron chi connectivity index (χ2n) is 3.91.